The van der Waals surface area contributed by atoms with Crippen molar-refractivity contribution in [1.29, 1.82) is 5.26 Å². The van der Waals surface area contributed by atoms with E-state index in [-0.39, 0.29) is 28.4 Å². The van der Waals surface area contributed by atoms with Gasteiger partial charge in [-0.2, -0.15) is 5.26 Å². The molecule has 3 N–H and O–H groups in total. The van der Waals surface area contributed by atoms with Crippen LogP contribution in [0.4, 0.5) is 10.8 Å². The number of hydrogen-bond donors (Lipinski definition) is 2. The van der Waals surface area contributed by atoms with Crippen LogP contribution in [0, 0.1) is 11.3 Å². The van der Waals surface area contributed by atoms with Gasteiger partial charge in [-0.3, -0.25) is 14.5 Å². The molecule has 0 saturated heterocycles. The Balaban J connectivity index is 1.42. The number of nitrogens with zero attached hydrogens (tertiary/aromatic N) is 5. The second kappa shape index (κ2) is 11.6. The Hall–Kier alpha value is -3.72. The lowest BCUT2D eigenvalue weighted by atomic mass is 9.75. The van der Waals surface area contributed by atoms with E-state index in [1.165, 1.54) is 28.7 Å². The summed E-state index contributed by atoms with van der Waals surface area (Å²) in [5, 5.41) is 22.1. The third-order valence-corrected chi connectivity index (χ3v) is 8.92. The molecule has 1 amide bonds. The number of carbonyl (C=O) groups excluding carboxylic acids is 2. The molecule has 1 atom stereocenters. The second-order valence-electron chi connectivity index (χ2n) is 8.94. The van der Waals surface area contributed by atoms with E-state index < -0.39 is 5.92 Å². The van der Waals surface area contributed by atoms with E-state index >= 15 is 0 Å². The summed E-state index contributed by atoms with van der Waals surface area (Å²) in [6.45, 7) is 2.08. The highest BCUT2D eigenvalue weighted by molar-refractivity contribution is 8.01. The number of hydrogen-bond acceptors (Lipinski definition) is 10. The number of nitrogens with two attached hydrogens (primary N) is 1. The Morgan fingerprint density at radius 2 is 2.08 bits per heavy atom. The van der Waals surface area contributed by atoms with Crippen molar-refractivity contribution < 1.29 is 9.59 Å². The molecule has 3 aromatic rings. The zero-order valence-corrected chi connectivity index (χ0v) is 23.4. The second-order valence-corrected chi connectivity index (χ2v) is 11.5. The Bertz CT molecular complexity index is 1540. The fourth-order valence-corrected chi connectivity index (χ4v) is 6.58. The number of rotatable bonds is 7. The van der Waals surface area contributed by atoms with E-state index in [0.29, 0.717) is 45.6 Å². The fourth-order valence-electron chi connectivity index (χ4n) is 4.73. The van der Waals surface area contributed by atoms with Crippen LogP contribution in [0.5, 0.6) is 0 Å². The third kappa shape index (κ3) is 5.41. The monoisotopic (exact) mass is 577 g/mol. The molecule has 2 aromatic heterocycles. The number of nitrogens with one attached hydrogen (secondary N) is 1. The third-order valence-electron chi connectivity index (χ3n) is 6.58. The number of carbonyl (C=O) groups is 2. The molecule has 0 saturated carbocycles. The van der Waals surface area contributed by atoms with Gasteiger partial charge in [-0.15, -0.1) is 10.2 Å². The first-order chi connectivity index (χ1) is 18.9. The summed E-state index contributed by atoms with van der Waals surface area (Å²) in [7, 11) is 0. The minimum atomic E-state index is -0.523. The molecule has 5 rings (SSSR count). The summed E-state index contributed by atoms with van der Waals surface area (Å²) < 4.78 is 0.547. The van der Waals surface area contributed by atoms with Gasteiger partial charge in [-0.25, -0.2) is 4.98 Å². The van der Waals surface area contributed by atoms with Crippen molar-refractivity contribution in [1.82, 2.24) is 15.2 Å². The number of anilines is 2. The van der Waals surface area contributed by atoms with Gasteiger partial charge in [0.2, 0.25) is 11.0 Å². The molecule has 1 aromatic carbocycles. The maximum atomic E-state index is 13.3. The summed E-state index contributed by atoms with van der Waals surface area (Å²) >= 11 is 8.48. The van der Waals surface area contributed by atoms with Gasteiger partial charge in [0.25, 0.3) is 0 Å². The minimum Gasteiger partial charge on any atom is -0.384 e. The van der Waals surface area contributed by atoms with Crippen LogP contribution in [0.25, 0.3) is 0 Å². The lowest BCUT2D eigenvalue weighted by Gasteiger charge is -2.38. The molecule has 2 aliphatic rings. The molecule has 39 heavy (non-hydrogen) atoms. The van der Waals surface area contributed by atoms with Gasteiger partial charge in [0, 0.05) is 23.9 Å². The van der Waals surface area contributed by atoms with Gasteiger partial charge in [-0.1, -0.05) is 65.9 Å². The number of pyridine rings is 1. The van der Waals surface area contributed by atoms with Gasteiger partial charge >= 0.3 is 0 Å². The van der Waals surface area contributed by atoms with Crippen LogP contribution >= 0.6 is 34.7 Å². The molecule has 0 radical (unpaired) electrons. The number of nitriles is 1. The molecule has 9 nitrogen and oxygen atoms in total. The number of amides is 1. The van der Waals surface area contributed by atoms with Crippen molar-refractivity contribution in [3.63, 3.8) is 0 Å². The molecule has 1 aliphatic carbocycles. The van der Waals surface area contributed by atoms with Crippen LogP contribution in [-0.2, 0) is 16.0 Å². The lowest BCUT2D eigenvalue weighted by Crippen LogP contribution is -2.38. The van der Waals surface area contributed by atoms with Gasteiger partial charge in [-0.05, 0) is 42.5 Å². The highest BCUT2D eigenvalue weighted by Gasteiger charge is 2.41. The molecule has 0 spiro atoms. The summed E-state index contributed by atoms with van der Waals surface area (Å²) in [4.78, 5) is 31.4. The SMILES string of the molecule is CCc1ccc(C2C(C#N)=C(N)N(c3nnc(SCC(=O)Nc4cccnc4Cl)s3)C3=C2C(=O)CCC3)cc1. The Morgan fingerprint density at radius 3 is 2.79 bits per heavy atom. The predicted octanol–water partition coefficient (Wildman–Crippen LogP) is 5.18. The summed E-state index contributed by atoms with van der Waals surface area (Å²) in [5.41, 5.74) is 10.7. The Labute approximate surface area is 238 Å². The maximum absolute atomic E-state index is 13.3. The van der Waals surface area contributed by atoms with Gasteiger partial charge in [0.05, 0.1) is 29.0 Å². The fraction of sp³-hybridized carbons (Fsp3) is 0.259. The number of halogens is 1. The lowest BCUT2D eigenvalue weighted by molar-refractivity contribution is -0.116. The molecule has 3 heterocycles. The number of allylic oxidation sites excluding steroid dienone is 3. The normalized spacial score (nSPS) is 17.2. The first kappa shape index (κ1) is 26.9. The molecular formula is C27H24ClN7O2S2. The maximum Gasteiger partial charge on any atom is 0.234 e. The number of benzene rings is 1. The predicted molar refractivity (Wildman–Crippen MR) is 152 cm³/mol. The van der Waals surface area contributed by atoms with Crippen molar-refractivity contribution in [2.45, 2.75) is 42.9 Å². The quantitative estimate of drug-likeness (QED) is 0.287. The van der Waals surface area contributed by atoms with E-state index in [0.717, 1.165) is 17.7 Å². The van der Waals surface area contributed by atoms with Crippen LogP contribution in [-0.4, -0.2) is 32.6 Å². The average Bonchev–Trinajstić information content (AvgIpc) is 3.41. The van der Waals surface area contributed by atoms with Crippen molar-refractivity contribution in [2.24, 2.45) is 5.73 Å². The number of aryl methyl sites for hydroxylation is 1. The first-order valence-corrected chi connectivity index (χ1v) is 14.5. The zero-order chi connectivity index (χ0) is 27.5. The van der Waals surface area contributed by atoms with Crippen molar-refractivity contribution >= 4 is 57.2 Å². The van der Waals surface area contributed by atoms with Crippen LogP contribution in [0.1, 0.15) is 43.2 Å². The van der Waals surface area contributed by atoms with E-state index in [1.807, 2.05) is 24.3 Å². The van der Waals surface area contributed by atoms with Gasteiger partial charge < -0.3 is 11.1 Å². The van der Waals surface area contributed by atoms with Crippen LogP contribution in [0.15, 0.2) is 69.6 Å². The van der Waals surface area contributed by atoms with Crippen LogP contribution in [0.2, 0.25) is 5.15 Å². The van der Waals surface area contributed by atoms with Gasteiger partial charge in [0.15, 0.2) is 15.3 Å². The van der Waals surface area contributed by atoms with Gasteiger partial charge in [0.1, 0.15) is 5.82 Å². The van der Waals surface area contributed by atoms with Crippen LogP contribution in [0.3, 0.4) is 0 Å². The molecule has 198 valence electrons. The van der Waals surface area contributed by atoms with E-state index in [1.54, 1.807) is 23.2 Å². The van der Waals surface area contributed by atoms with Crippen molar-refractivity contribution in [3.05, 3.63) is 81.5 Å². The molecule has 0 bridgehead atoms. The Kier molecular flexibility index (Phi) is 7.97. The average molecular weight is 578 g/mol. The summed E-state index contributed by atoms with van der Waals surface area (Å²) in [6.07, 6.45) is 4.16. The topological polar surface area (TPSA) is 138 Å². The highest BCUT2D eigenvalue weighted by Crippen LogP contribution is 2.47. The summed E-state index contributed by atoms with van der Waals surface area (Å²) in [5.74, 6) is -0.458. The largest absolute Gasteiger partial charge is 0.384 e. The van der Waals surface area contributed by atoms with Crippen molar-refractivity contribution in [3.8, 4) is 6.07 Å². The minimum absolute atomic E-state index is 0.0101. The van der Waals surface area contributed by atoms with E-state index in [9.17, 15) is 14.9 Å². The van der Waals surface area contributed by atoms with Crippen molar-refractivity contribution in [2.75, 3.05) is 16.0 Å². The molecule has 12 heteroatoms. The number of ketones is 1. The highest BCUT2D eigenvalue weighted by atomic mass is 35.5. The number of thioether (sulfide) groups is 1. The molecular weight excluding hydrogens is 554 g/mol. The standard InChI is InChI=1S/C27H24ClN7O2S2/c1-2-15-8-10-16(11-9-15)22-17(13-29)25(30)35(19-6-3-7-20(36)23(19)22)26-33-34-27(39-26)38-14-21(37)32-18-5-4-12-31-24(18)28/h4-5,8-12,22H,2-3,6-7,14,30H2,1H3,(H,32,37). The number of Topliss-reactive ketones (excluding diaryl/α,β-unsaturated/α-hetero) is 1. The molecule has 1 aliphatic heterocycles. The Morgan fingerprint density at radius 1 is 1.28 bits per heavy atom. The molecule has 1 unspecified atom stereocenters. The smallest absolute Gasteiger partial charge is 0.234 e. The number of aromatic nitrogens is 3. The zero-order valence-electron chi connectivity index (χ0n) is 21.0. The first-order valence-electron chi connectivity index (χ1n) is 12.3. The molecule has 0 fully saturated rings. The van der Waals surface area contributed by atoms with E-state index in [2.05, 4.69) is 33.5 Å². The van der Waals surface area contributed by atoms with Crippen LogP contribution < -0.4 is 16.0 Å². The summed E-state index contributed by atoms with van der Waals surface area (Å²) in [6, 6.07) is 13.6. The van der Waals surface area contributed by atoms with E-state index in [4.69, 9.17) is 17.3 Å².